The lowest BCUT2D eigenvalue weighted by Gasteiger charge is -2.21. The molecule has 2 N–H and O–H groups in total. The van der Waals surface area contributed by atoms with Crippen molar-refractivity contribution in [1.82, 2.24) is 5.32 Å². The van der Waals surface area contributed by atoms with Gasteiger partial charge in [0.15, 0.2) is 0 Å². The minimum atomic E-state index is -0.226. The number of hydrogen-bond acceptors (Lipinski definition) is 2. The SMILES string of the molecule is CC(NC(C)c1cccc(F)c1)c1cccc(O)c1. The van der Waals surface area contributed by atoms with Gasteiger partial charge in [-0.1, -0.05) is 24.3 Å². The van der Waals surface area contributed by atoms with Crippen molar-refractivity contribution in [2.75, 3.05) is 0 Å². The van der Waals surface area contributed by atoms with Crippen LogP contribution in [0.2, 0.25) is 0 Å². The van der Waals surface area contributed by atoms with Crippen molar-refractivity contribution < 1.29 is 9.50 Å². The van der Waals surface area contributed by atoms with Crippen LogP contribution < -0.4 is 5.32 Å². The second kappa shape index (κ2) is 5.85. The molecule has 0 heterocycles. The molecule has 0 fully saturated rings. The van der Waals surface area contributed by atoms with E-state index < -0.39 is 0 Å². The fraction of sp³-hybridized carbons (Fsp3) is 0.250. The molecule has 0 saturated heterocycles. The van der Waals surface area contributed by atoms with Crippen LogP contribution in [0.4, 0.5) is 4.39 Å². The number of rotatable bonds is 4. The van der Waals surface area contributed by atoms with Gasteiger partial charge in [-0.05, 0) is 49.2 Å². The molecule has 0 saturated carbocycles. The van der Waals surface area contributed by atoms with Gasteiger partial charge in [0.25, 0.3) is 0 Å². The Balaban J connectivity index is 2.08. The molecule has 0 aliphatic rings. The van der Waals surface area contributed by atoms with Crippen molar-refractivity contribution in [1.29, 1.82) is 0 Å². The quantitative estimate of drug-likeness (QED) is 0.871. The first-order valence-corrected chi connectivity index (χ1v) is 6.36. The lowest BCUT2D eigenvalue weighted by molar-refractivity contribution is 0.466. The number of aromatic hydroxyl groups is 1. The van der Waals surface area contributed by atoms with Crippen LogP contribution in [-0.4, -0.2) is 5.11 Å². The summed E-state index contributed by atoms with van der Waals surface area (Å²) in [6, 6.07) is 13.8. The van der Waals surface area contributed by atoms with Crippen LogP contribution >= 0.6 is 0 Å². The Labute approximate surface area is 112 Å². The highest BCUT2D eigenvalue weighted by Crippen LogP contribution is 2.22. The summed E-state index contributed by atoms with van der Waals surface area (Å²) < 4.78 is 13.2. The average Bonchev–Trinajstić information content (AvgIpc) is 2.38. The molecule has 2 atom stereocenters. The summed E-state index contributed by atoms with van der Waals surface area (Å²) in [6.45, 7) is 4.01. The molecule has 2 unspecified atom stereocenters. The zero-order chi connectivity index (χ0) is 13.8. The van der Waals surface area contributed by atoms with E-state index >= 15 is 0 Å². The summed E-state index contributed by atoms with van der Waals surface area (Å²) in [5.74, 6) is 0.0284. The lowest BCUT2D eigenvalue weighted by Crippen LogP contribution is -2.22. The summed E-state index contributed by atoms with van der Waals surface area (Å²) in [7, 11) is 0. The molecule has 100 valence electrons. The molecular formula is C16H18FNO. The van der Waals surface area contributed by atoms with Crippen LogP contribution in [0.15, 0.2) is 48.5 Å². The maximum Gasteiger partial charge on any atom is 0.123 e. The molecule has 0 bridgehead atoms. The van der Waals surface area contributed by atoms with Gasteiger partial charge in [0.2, 0.25) is 0 Å². The predicted molar refractivity (Wildman–Crippen MR) is 74.5 cm³/mol. The van der Waals surface area contributed by atoms with E-state index in [4.69, 9.17) is 0 Å². The molecule has 0 aliphatic carbocycles. The van der Waals surface area contributed by atoms with Gasteiger partial charge in [0.05, 0.1) is 0 Å². The molecule has 19 heavy (non-hydrogen) atoms. The van der Waals surface area contributed by atoms with E-state index in [1.165, 1.54) is 12.1 Å². The summed E-state index contributed by atoms with van der Waals surface area (Å²) in [6.07, 6.45) is 0. The Morgan fingerprint density at radius 2 is 1.53 bits per heavy atom. The Hall–Kier alpha value is -1.87. The Bertz CT molecular complexity index is 506. The summed E-state index contributed by atoms with van der Waals surface area (Å²) in [5, 5.41) is 12.9. The number of halogens is 1. The Morgan fingerprint density at radius 1 is 0.947 bits per heavy atom. The Kier molecular flexibility index (Phi) is 4.17. The Morgan fingerprint density at radius 3 is 2.11 bits per heavy atom. The van der Waals surface area contributed by atoms with Crippen molar-refractivity contribution in [3.63, 3.8) is 0 Å². The third-order valence-corrected chi connectivity index (χ3v) is 3.22. The van der Waals surface area contributed by atoms with Gasteiger partial charge >= 0.3 is 0 Å². The van der Waals surface area contributed by atoms with Gasteiger partial charge in [0, 0.05) is 12.1 Å². The highest BCUT2D eigenvalue weighted by Gasteiger charge is 2.11. The van der Waals surface area contributed by atoms with E-state index in [1.807, 2.05) is 32.0 Å². The van der Waals surface area contributed by atoms with E-state index in [1.54, 1.807) is 18.2 Å². The average molecular weight is 259 g/mol. The molecule has 0 radical (unpaired) electrons. The first kappa shape index (κ1) is 13.6. The van der Waals surface area contributed by atoms with E-state index in [-0.39, 0.29) is 23.7 Å². The third kappa shape index (κ3) is 3.55. The van der Waals surface area contributed by atoms with Gasteiger partial charge in [-0.2, -0.15) is 0 Å². The number of nitrogens with one attached hydrogen (secondary N) is 1. The van der Waals surface area contributed by atoms with Crippen LogP contribution in [-0.2, 0) is 0 Å². The van der Waals surface area contributed by atoms with Crippen LogP contribution in [0, 0.1) is 5.82 Å². The highest BCUT2D eigenvalue weighted by atomic mass is 19.1. The van der Waals surface area contributed by atoms with Gasteiger partial charge in [0.1, 0.15) is 11.6 Å². The third-order valence-electron chi connectivity index (χ3n) is 3.22. The summed E-state index contributed by atoms with van der Waals surface area (Å²) >= 11 is 0. The lowest BCUT2D eigenvalue weighted by atomic mass is 10.0. The normalized spacial score (nSPS) is 14.1. The predicted octanol–water partition coefficient (Wildman–Crippen LogP) is 3.94. The zero-order valence-electron chi connectivity index (χ0n) is 11.1. The van der Waals surface area contributed by atoms with Crippen LogP contribution in [0.5, 0.6) is 5.75 Å². The van der Waals surface area contributed by atoms with Crippen molar-refractivity contribution >= 4 is 0 Å². The van der Waals surface area contributed by atoms with Gasteiger partial charge in [-0.15, -0.1) is 0 Å². The van der Waals surface area contributed by atoms with E-state index in [0.29, 0.717) is 0 Å². The monoisotopic (exact) mass is 259 g/mol. The fourth-order valence-electron chi connectivity index (χ4n) is 2.14. The summed E-state index contributed by atoms with van der Waals surface area (Å²) in [4.78, 5) is 0. The van der Waals surface area contributed by atoms with Crippen LogP contribution in [0.25, 0.3) is 0 Å². The number of phenols is 1. The summed E-state index contributed by atoms with van der Waals surface area (Å²) in [5.41, 5.74) is 1.91. The first-order valence-electron chi connectivity index (χ1n) is 6.36. The zero-order valence-corrected chi connectivity index (χ0v) is 11.1. The van der Waals surface area contributed by atoms with E-state index in [9.17, 15) is 9.50 Å². The van der Waals surface area contributed by atoms with E-state index in [2.05, 4.69) is 5.32 Å². The molecule has 0 amide bonds. The number of benzene rings is 2. The second-order valence-electron chi connectivity index (χ2n) is 4.76. The molecule has 0 spiro atoms. The minimum absolute atomic E-state index is 0.0352. The van der Waals surface area contributed by atoms with Gasteiger partial charge in [-0.25, -0.2) is 4.39 Å². The second-order valence-corrected chi connectivity index (χ2v) is 4.76. The molecular weight excluding hydrogens is 241 g/mol. The first-order chi connectivity index (χ1) is 9.06. The van der Waals surface area contributed by atoms with Crippen molar-refractivity contribution in [2.45, 2.75) is 25.9 Å². The maximum atomic E-state index is 13.2. The minimum Gasteiger partial charge on any atom is -0.508 e. The molecule has 2 nitrogen and oxygen atoms in total. The van der Waals surface area contributed by atoms with Crippen molar-refractivity contribution in [2.24, 2.45) is 0 Å². The number of hydrogen-bond donors (Lipinski definition) is 2. The largest absolute Gasteiger partial charge is 0.508 e. The van der Waals surface area contributed by atoms with Crippen LogP contribution in [0.1, 0.15) is 37.1 Å². The van der Waals surface area contributed by atoms with Gasteiger partial charge < -0.3 is 10.4 Å². The molecule has 0 aromatic heterocycles. The highest BCUT2D eigenvalue weighted by molar-refractivity contribution is 5.29. The maximum absolute atomic E-state index is 13.2. The molecule has 2 rings (SSSR count). The topological polar surface area (TPSA) is 32.3 Å². The molecule has 2 aromatic carbocycles. The van der Waals surface area contributed by atoms with Crippen LogP contribution in [0.3, 0.4) is 0 Å². The number of phenolic OH excluding ortho intramolecular Hbond substituents is 1. The standard InChI is InChI=1S/C16H18FNO/c1-11(13-5-3-7-15(17)9-13)18-12(2)14-6-4-8-16(19)10-14/h3-12,18-19H,1-2H3. The fourth-order valence-corrected chi connectivity index (χ4v) is 2.14. The smallest absolute Gasteiger partial charge is 0.123 e. The molecule has 0 aliphatic heterocycles. The van der Waals surface area contributed by atoms with Crippen molar-refractivity contribution in [3.8, 4) is 5.75 Å². The molecule has 2 aromatic rings. The van der Waals surface area contributed by atoms with Gasteiger partial charge in [-0.3, -0.25) is 0 Å². The van der Waals surface area contributed by atoms with E-state index in [0.717, 1.165) is 11.1 Å². The van der Waals surface area contributed by atoms with Crippen molar-refractivity contribution in [3.05, 3.63) is 65.5 Å². The molecule has 3 heteroatoms.